The highest BCUT2D eigenvalue weighted by Gasteiger charge is 2.41. The third-order valence-corrected chi connectivity index (χ3v) is 3.69. The second-order valence-electron chi connectivity index (χ2n) is 4.20. The van der Waals surface area contributed by atoms with E-state index in [0.717, 1.165) is 24.8 Å². The largest absolute Gasteiger partial charge is 0.235 e. The zero-order chi connectivity index (χ0) is 11.8. The van der Waals surface area contributed by atoms with Gasteiger partial charge in [-0.3, -0.25) is 0 Å². The molecule has 0 bridgehead atoms. The van der Waals surface area contributed by atoms with Crippen molar-refractivity contribution in [2.45, 2.75) is 31.7 Å². The van der Waals surface area contributed by atoms with E-state index < -0.39 is 5.54 Å². The lowest BCUT2D eigenvalue weighted by Gasteiger charge is -2.37. The van der Waals surface area contributed by atoms with Gasteiger partial charge in [0.15, 0.2) is 0 Å². The Morgan fingerprint density at radius 3 is 2.69 bits per heavy atom. The van der Waals surface area contributed by atoms with Crippen LogP contribution in [0.5, 0.6) is 0 Å². The van der Waals surface area contributed by atoms with Crippen LogP contribution >= 0.6 is 15.9 Å². The first-order valence-electron chi connectivity index (χ1n) is 5.14. The van der Waals surface area contributed by atoms with Crippen LogP contribution in [0, 0.1) is 12.7 Å². The molecule has 0 amide bonds. The normalized spacial score (nSPS) is 17.4. The lowest BCUT2D eigenvalue weighted by Crippen LogP contribution is -2.33. The quantitative estimate of drug-likeness (QED) is 0.602. The smallest absolute Gasteiger partial charge is 0.211 e. The molecule has 1 aromatic rings. The van der Waals surface area contributed by atoms with Crippen LogP contribution < -0.4 is 0 Å². The maximum absolute atomic E-state index is 14.0. The van der Waals surface area contributed by atoms with Crippen LogP contribution in [-0.4, -0.2) is 6.08 Å². The van der Waals surface area contributed by atoms with E-state index >= 15 is 0 Å². The fourth-order valence-corrected chi connectivity index (χ4v) is 2.68. The summed E-state index contributed by atoms with van der Waals surface area (Å²) in [4.78, 5) is 14.3. The number of nitrogens with zero attached hydrogens (tertiary/aromatic N) is 1. The Kier molecular flexibility index (Phi) is 2.96. The number of isocyanates is 1. The van der Waals surface area contributed by atoms with Gasteiger partial charge in [-0.25, -0.2) is 9.18 Å². The SMILES string of the molecule is Cc1cc(Br)c(F)c(C2(N=C=O)CCC2)c1. The summed E-state index contributed by atoms with van der Waals surface area (Å²) in [5, 5.41) is 0. The maximum Gasteiger partial charge on any atom is 0.235 e. The van der Waals surface area contributed by atoms with Gasteiger partial charge in [-0.1, -0.05) is 6.07 Å². The first-order chi connectivity index (χ1) is 7.59. The first kappa shape index (κ1) is 11.5. The molecule has 0 saturated heterocycles. The highest BCUT2D eigenvalue weighted by molar-refractivity contribution is 9.10. The Balaban J connectivity index is 2.58. The molecule has 0 spiro atoms. The van der Waals surface area contributed by atoms with Crippen molar-refractivity contribution in [3.05, 3.63) is 33.5 Å². The van der Waals surface area contributed by atoms with Crippen LogP contribution in [0.2, 0.25) is 0 Å². The second kappa shape index (κ2) is 4.11. The zero-order valence-corrected chi connectivity index (χ0v) is 10.5. The lowest BCUT2D eigenvalue weighted by molar-refractivity contribution is 0.247. The molecule has 0 atom stereocenters. The molecule has 16 heavy (non-hydrogen) atoms. The van der Waals surface area contributed by atoms with Gasteiger partial charge < -0.3 is 0 Å². The third kappa shape index (κ3) is 1.72. The molecule has 0 unspecified atom stereocenters. The summed E-state index contributed by atoms with van der Waals surface area (Å²) < 4.78 is 14.4. The van der Waals surface area contributed by atoms with E-state index in [1.54, 1.807) is 18.2 Å². The van der Waals surface area contributed by atoms with Crippen LogP contribution in [0.15, 0.2) is 21.6 Å². The molecule has 1 saturated carbocycles. The van der Waals surface area contributed by atoms with Crippen LogP contribution in [0.1, 0.15) is 30.4 Å². The second-order valence-corrected chi connectivity index (χ2v) is 5.05. The van der Waals surface area contributed by atoms with E-state index in [0.29, 0.717) is 10.0 Å². The number of aryl methyl sites for hydroxylation is 1. The van der Waals surface area contributed by atoms with E-state index in [4.69, 9.17) is 0 Å². The monoisotopic (exact) mass is 283 g/mol. The molecule has 4 heteroatoms. The van der Waals surface area contributed by atoms with Crippen LogP contribution in [0.25, 0.3) is 0 Å². The van der Waals surface area contributed by atoms with E-state index in [9.17, 15) is 9.18 Å². The van der Waals surface area contributed by atoms with Crippen molar-refractivity contribution in [1.29, 1.82) is 0 Å². The average Bonchev–Trinajstić information content (AvgIpc) is 2.17. The van der Waals surface area contributed by atoms with E-state index in [1.165, 1.54) is 0 Å². The molecule has 0 heterocycles. The topological polar surface area (TPSA) is 29.4 Å². The average molecular weight is 284 g/mol. The molecule has 84 valence electrons. The Labute approximate surface area is 102 Å². The Morgan fingerprint density at radius 2 is 2.19 bits per heavy atom. The molecule has 2 nitrogen and oxygen atoms in total. The molecule has 1 fully saturated rings. The van der Waals surface area contributed by atoms with Crippen molar-refractivity contribution >= 4 is 22.0 Å². The minimum absolute atomic E-state index is 0.315. The predicted molar refractivity (Wildman–Crippen MR) is 62.5 cm³/mol. The van der Waals surface area contributed by atoms with Crippen LogP contribution in [0.4, 0.5) is 4.39 Å². The number of aliphatic imine (C=N–C) groups is 1. The standard InChI is InChI=1S/C12H11BrFNO/c1-8-5-9(11(14)10(13)6-8)12(15-7-16)3-2-4-12/h5-6H,2-4H2,1H3. The van der Waals surface area contributed by atoms with Gasteiger partial charge in [0.1, 0.15) is 11.4 Å². The zero-order valence-electron chi connectivity index (χ0n) is 8.89. The fraction of sp³-hybridized carbons (Fsp3) is 0.417. The van der Waals surface area contributed by atoms with Crippen molar-refractivity contribution in [3.63, 3.8) is 0 Å². The highest BCUT2D eigenvalue weighted by atomic mass is 79.9. The van der Waals surface area contributed by atoms with Gasteiger partial charge >= 0.3 is 0 Å². The Hall–Kier alpha value is -0.990. The van der Waals surface area contributed by atoms with Crippen molar-refractivity contribution in [2.75, 3.05) is 0 Å². The number of carbonyl (C=O) groups excluding carboxylic acids is 1. The van der Waals surface area contributed by atoms with Gasteiger partial charge in [-0.15, -0.1) is 0 Å². The summed E-state index contributed by atoms with van der Waals surface area (Å²) in [6.07, 6.45) is 3.97. The van der Waals surface area contributed by atoms with E-state index in [1.807, 2.05) is 6.92 Å². The van der Waals surface area contributed by atoms with E-state index in [2.05, 4.69) is 20.9 Å². The van der Waals surface area contributed by atoms with Gasteiger partial charge in [-0.05, 0) is 53.7 Å². The maximum atomic E-state index is 14.0. The Bertz CT molecular complexity index is 476. The van der Waals surface area contributed by atoms with Crippen molar-refractivity contribution in [1.82, 2.24) is 0 Å². The summed E-state index contributed by atoms with van der Waals surface area (Å²) in [6.45, 7) is 1.89. The van der Waals surface area contributed by atoms with Crippen molar-refractivity contribution in [3.8, 4) is 0 Å². The van der Waals surface area contributed by atoms with Gasteiger partial charge in [0.05, 0.1) is 4.47 Å². The molecule has 0 radical (unpaired) electrons. The number of rotatable bonds is 2. The third-order valence-electron chi connectivity index (χ3n) is 3.11. The van der Waals surface area contributed by atoms with Crippen LogP contribution in [0.3, 0.4) is 0 Å². The van der Waals surface area contributed by atoms with E-state index in [-0.39, 0.29) is 5.82 Å². The van der Waals surface area contributed by atoms with Crippen LogP contribution in [-0.2, 0) is 10.3 Å². The first-order valence-corrected chi connectivity index (χ1v) is 5.93. The Morgan fingerprint density at radius 1 is 1.50 bits per heavy atom. The predicted octanol–water partition coefficient (Wildman–Crippen LogP) is 3.61. The molecule has 1 aliphatic rings. The minimum atomic E-state index is -0.666. The number of benzene rings is 1. The summed E-state index contributed by atoms with van der Waals surface area (Å²) >= 11 is 3.18. The summed E-state index contributed by atoms with van der Waals surface area (Å²) in [7, 11) is 0. The number of hydrogen-bond acceptors (Lipinski definition) is 2. The lowest BCUT2D eigenvalue weighted by atomic mass is 9.72. The molecular weight excluding hydrogens is 273 g/mol. The van der Waals surface area contributed by atoms with Gasteiger partial charge in [0.2, 0.25) is 6.08 Å². The fourth-order valence-electron chi connectivity index (χ4n) is 2.10. The summed E-state index contributed by atoms with van der Waals surface area (Å²) in [5.41, 5.74) is 0.796. The van der Waals surface area contributed by atoms with Crippen molar-refractivity contribution in [2.24, 2.45) is 4.99 Å². The minimum Gasteiger partial charge on any atom is -0.211 e. The number of hydrogen-bond donors (Lipinski definition) is 0. The molecule has 1 aromatic carbocycles. The molecule has 1 aliphatic carbocycles. The highest BCUT2D eigenvalue weighted by Crippen LogP contribution is 2.46. The summed E-state index contributed by atoms with van der Waals surface area (Å²) in [6, 6.07) is 3.48. The molecule has 0 N–H and O–H groups in total. The van der Waals surface area contributed by atoms with Gasteiger partial charge in [-0.2, -0.15) is 4.99 Å². The number of halogens is 2. The molecule has 0 aromatic heterocycles. The molecular formula is C12H11BrFNO. The van der Waals surface area contributed by atoms with Gasteiger partial charge in [0.25, 0.3) is 0 Å². The molecule has 0 aliphatic heterocycles. The molecule has 2 rings (SSSR count). The summed E-state index contributed by atoms with van der Waals surface area (Å²) in [5.74, 6) is -0.315. The van der Waals surface area contributed by atoms with Crippen molar-refractivity contribution < 1.29 is 9.18 Å². The van der Waals surface area contributed by atoms with Gasteiger partial charge in [0, 0.05) is 5.56 Å².